The second-order valence-electron chi connectivity index (χ2n) is 14.2. The zero-order chi connectivity index (χ0) is 44.4. The molecule has 0 saturated carbocycles. The van der Waals surface area contributed by atoms with E-state index in [0.29, 0.717) is 41.6 Å². The van der Waals surface area contributed by atoms with Crippen LogP contribution < -0.4 is 23.7 Å². The van der Waals surface area contributed by atoms with Crippen molar-refractivity contribution in [3.8, 4) is 28.7 Å². The number of methoxy groups -OCH3 is 6. The van der Waals surface area contributed by atoms with Crippen LogP contribution in [0, 0.1) is 11.3 Å². The Hall–Kier alpha value is -4.50. The smallest absolute Gasteiger partial charge is 0.323 e. The highest BCUT2D eigenvalue weighted by Crippen LogP contribution is 2.39. The summed E-state index contributed by atoms with van der Waals surface area (Å²) in [5.74, 6) is -0.349. The second kappa shape index (κ2) is 27.4. The van der Waals surface area contributed by atoms with Crippen molar-refractivity contribution in [2.24, 2.45) is 11.3 Å². The molecular weight excluding hydrogens is 920 g/mol. The lowest BCUT2D eigenvalue weighted by Gasteiger charge is -2.29. The largest absolute Gasteiger partial charge is 0.493 e. The molecule has 0 radical (unpaired) electrons. The zero-order valence-corrected chi connectivity index (χ0v) is 39.2. The van der Waals surface area contributed by atoms with Crippen molar-refractivity contribution in [3.63, 3.8) is 0 Å². The second-order valence-corrected chi connectivity index (χ2v) is 15.9. The number of benzene rings is 3. The van der Waals surface area contributed by atoms with Gasteiger partial charge in [0.25, 0.3) is 0 Å². The van der Waals surface area contributed by atoms with Crippen LogP contribution in [0.4, 0.5) is 0 Å². The average molecular weight is 987 g/mol. The minimum atomic E-state index is -1.53. The first-order valence-electron chi connectivity index (χ1n) is 19.0. The van der Waals surface area contributed by atoms with Crippen molar-refractivity contribution in [3.05, 3.63) is 74.2 Å². The molecule has 0 atom stereocenters. The SMILES string of the molecule is C.C.COC(=O)C(CCc1cc(OC(C)C)c(OC)cc1Br)(Cc1ccc(OC(C)C)cc1)C(=O)OC.COC(=O)C(CCc1cc(OC(C)C)c(OC)cc1Br)C(=O)OC. The van der Waals surface area contributed by atoms with E-state index in [9.17, 15) is 19.2 Å². The highest BCUT2D eigenvalue weighted by Gasteiger charge is 2.48. The Morgan fingerprint density at radius 3 is 1.33 bits per heavy atom. The van der Waals surface area contributed by atoms with E-state index in [1.165, 1.54) is 28.4 Å². The van der Waals surface area contributed by atoms with Crippen LogP contribution in [-0.4, -0.2) is 84.8 Å². The highest BCUT2D eigenvalue weighted by atomic mass is 79.9. The summed E-state index contributed by atoms with van der Waals surface area (Å²) in [6, 6.07) is 14.7. The summed E-state index contributed by atoms with van der Waals surface area (Å²) in [6.45, 7) is 11.6. The molecule has 0 spiro atoms. The molecule has 61 heavy (non-hydrogen) atoms. The highest BCUT2D eigenvalue weighted by molar-refractivity contribution is 9.10. The minimum Gasteiger partial charge on any atom is -0.493 e. The lowest BCUT2D eigenvalue weighted by Crippen LogP contribution is -2.43. The summed E-state index contributed by atoms with van der Waals surface area (Å²) < 4.78 is 49.2. The van der Waals surface area contributed by atoms with Crippen LogP contribution in [0.25, 0.3) is 0 Å². The third kappa shape index (κ3) is 16.7. The van der Waals surface area contributed by atoms with Crippen molar-refractivity contribution in [2.75, 3.05) is 42.7 Å². The Morgan fingerprint density at radius 1 is 0.557 bits per heavy atom. The molecule has 0 aliphatic rings. The molecule has 342 valence electrons. The van der Waals surface area contributed by atoms with Gasteiger partial charge in [-0.05, 0) is 127 Å². The fraction of sp³-hybridized carbons (Fsp3) is 0.522. The molecule has 15 heteroatoms. The van der Waals surface area contributed by atoms with Crippen LogP contribution in [0.3, 0.4) is 0 Å². The van der Waals surface area contributed by atoms with Crippen molar-refractivity contribution in [2.45, 2.75) is 107 Å². The van der Waals surface area contributed by atoms with E-state index in [2.05, 4.69) is 41.3 Å². The lowest BCUT2D eigenvalue weighted by molar-refractivity contribution is -0.170. The van der Waals surface area contributed by atoms with Gasteiger partial charge in [-0.25, -0.2) is 0 Å². The van der Waals surface area contributed by atoms with Gasteiger partial charge < -0.3 is 42.6 Å². The molecule has 0 aliphatic heterocycles. The molecule has 3 rings (SSSR count). The Kier molecular flexibility index (Phi) is 25.4. The standard InChI is InChI=1S/C27H35BrO7.C17H23BrO6.2CH4/c1-17(2)34-21-10-8-19(9-11-21)16-27(25(29)32-6,26(30)33-7)13-12-20-14-24(35-18(3)4)23(31-5)15-22(20)28;1-10(2)24-15-8-11(13(18)9-14(15)21-3)6-7-12(16(19)22-4)17(20)23-5;;/h8-11,14-15,17-18H,12-13,16H2,1-7H3;8-10,12H,6-7H2,1-5H3;2*1H4. The summed E-state index contributed by atoms with van der Waals surface area (Å²) >= 11 is 7.06. The summed E-state index contributed by atoms with van der Waals surface area (Å²) in [5.41, 5.74) is 1.01. The lowest BCUT2D eigenvalue weighted by atomic mass is 9.76. The van der Waals surface area contributed by atoms with Gasteiger partial charge in [0.2, 0.25) is 0 Å². The average Bonchev–Trinajstić information content (AvgIpc) is 3.20. The molecule has 0 heterocycles. The maximum Gasteiger partial charge on any atom is 0.323 e. The monoisotopic (exact) mass is 984 g/mol. The summed E-state index contributed by atoms with van der Waals surface area (Å²) in [7, 11) is 8.19. The number of carbonyl (C=O) groups excluding carboxylic acids is 4. The fourth-order valence-corrected chi connectivity index (χ4v) is 7.07. The van der Waals surface area contributed by atoms with Gasteiger partial charge in [0, 0.05) is 8.95 Å². The molecule has 0 amide bonds. The van der Waals surface area contributed by atoms with E-state index in [1.807, 2.05) is 84.0 Å². The van der Waals surface area contributed by atoms with Crippen molar-refractivity contribution >= 4 is 55.7 Å². The molecule has 0 unspecified atom stereocenters. The van der Waals surface area contributed by atoms with Crippen LogP contribution in [0.15, 0.2) is 57.5 Å². The number of carbonyl (C=O) groups is 4. The van der Waals surface area contributed by atoms with Crippen LogP contribution in [-0.2, 0) is 57.4 Å². The van der Waals surface area contributed by atoms with Gasteiger partial charge in [0.05, 0.1) is 61.0 Å². The first-order chi connectivity index (χ1) is 27.9. The first kappa shape index (κ1) is 56.5. The molecule has 0 fully saturated rings. The maximum atomic E-state index is 13.1. The molecule has 3 aromatic carbocycles. The topological polar surface area (TPSA) is 151 Å². The summed E-state index contributed by atoms with van der Waals surface area (Å²) in [5, 5.41) is 0. The quantitative estimate of drug-likeness (QED) is 0.0601. The molecule has 0 bridgehead atoms. The van der Waals surface area contributed by atoms with E-state index in [1.54, 1.807) is 20.3 Å². The van der Waals surface area contributed by atoms with E-state index in [0.717, 1.165) is 25.6 Å². The number of rotatable bonds is 20. The van der Waals surface area contributed by atoms with Crippen LogP contribution >= 0.6 is 31.9 Å². The molecule has 13 nitrogen and oxygen atoms in total. The number of esters is 4. The van der Waals surface area contributed by atoms with Gasteiger partial charge in [-0.1, -0.05) is 58.8 Å². The molecule has 0 aromatic heterocycles. The Morgan fingerprint density at radius 2 is 0.967 bits per heavy atom. The minimum absolute atomic E-state index is 0. The molecule has 3 aromatic rings. The van der Waals surface area contributed by atoms with Crippen molar-refractivity contribution < 1.29 is 61.8 Å². The van der Waals surface area contributed by atoms with Crippen molar-refractivity contribution in [1.29, 1.82) is 0 Å². The van der Waals surface area contributed by atoms with Gasteiger partial charge in [-0.3, -0.25) is 19.2 Å². The predicted molar refractivity (Wildman–Crippen MR) is 243 cm³/mol. The molecule has 0 N–H and O–H groups in total. The van der Waals surface area contributed by atoms with Crippen LogP contribution in [0.2, 0.25) is 0 Å². The predicted octanol–water partition coefficient (Wildman–Crippen LogP) is 9.95. The normalized spacial score (nSPS) is 10.7. The number of halogens is 2. The third-order valence-corrected chi connectivity index (χ3v) is 10.3. The van der Waals surface area contributed by atoms with E-state index < -0.39 is 35.2 Å². The van der Waals surface area contributed by atoms with Gasteiger partial charge >= 0.3 is 23.9 Å². The fourth-order valence-electron chi connectivity index (χ4n) is 6.03. The van der Waals surface area contributed by atoms with E-state index in [4.69, 9.17) is 33.2 Å². The molecular formula is C46H66Br2O13. The van der Waals surface area contributed by atoms with E-state index >= 15 is 0 Å². The number of aryl methyl sites for hydroxylation is 2. The molecule has 0 saturated heterocycles. The first-order valence-corrected chi connectivity index (χ1v) is 20.6. The van der Waals surface area contributed by atoms with Gasteiger partial charge in [0.1, 0.15) is 5.75 Å². The Balaban J connectivity index is 0.00000122. The van der Waals surface area contributed by atoms with Crippen LogP contribution in [0.1, 0.15) is 85.9 Å². The molecule has 0 aliphatic carbocycles. The number of hydrogen-bond acceptors (Lipinski definition) is 13. The third-order valence-electron chi connectivity index (χ3n) is 8.84. The van der Waals surface area contributed by atoms with Gasteiger partial charge in [-0.2, -0.15) is 0 Å². The van der Waals surface area contributed by atoms with Gasteiger partial charge in [0.15, 0.2) is 34.3 Å². The maximum absolute atomic E-state index is 13.1. The Labute approximate surface area is 379 Å². The number of ether oxygens (including phenoxy) is 9. The van der Waals surface area contributed by atoms with Crippen molar-refractivity contribution in [1.82, 2.24) is 0 Å². The summed E-state index contributed by atoms with van der Waals surface area (Å²) in [4.78, 5) is 49.6. The van der Waals surface area contributed by atoms with Gasteiger partial charge in [-0.15, -0.1) is 0 Å². The van der Waals surface area contributed by atoms with Crippen LogP contribution in [0.5, 0.6) is 28.7 Å². The van der Waals surface area contributed by atoms with E-state index in [-0.39, 0.29) is 52.4 Å². The number of hydrogen-bond donors (Lipinski definition) is 0. The zero-order valence-electron chi connectivity index (χ0n) is 36.0. The summed E-state index contributed by atoms with van der Waals surface area (Å²) in [6.07, 6.45) is 1.39. The Bertz CT molecular complexity index is 1810.